The van der Waals surface area contributed by atoms with Gasteiger partial charge in [0.25, 0.3) is 0 Å². The molecule has 1 saturated carbocycles. The number of halogens is 1. The first kappa shape index (κ1) is 20.2. The summed E-state index contributed by atoms with van der Waals surface area (Å²) >= 11 is 6.02. The van der Waals surface area contributed by atoms with E-state index in [-0.39, 0.29) is 23.1 Å². The van der Waals surface area contributed by atoms with Crippen LogP contribution < -0.4 is 5.32 Å². The Bertz CT molecular complexity index is 680. The predicted octanol–water partition coefficient (Wildman–Crippen LogP) is 4.38. The highest BCUT2D eigenvalue weighted by molar-refractivity contribution is 6.30. The average Bonchev–Trinajstić information content (AvgIpc) is 3.16. The molecule has 3 rings (SSSR count). The van der Waals surface area contributed by atoms with Gasteiger partial charge in [0.05, 0.1) is 0 Å². The summed E-state index contributed by atoms with van der Waals surface area (Å²) in [5.41, 5.74) is 1.25. The number of hydrogen-bond donors (Lipinski definition) is 1. The Morgan fingerprint density at radius 3 is 2.37 bits per heavy atom. The fourth-order valence-electron chi connectivity index (χ4n) is 4.71. The lowest BCUT2D eigenvalue weighted by molar-refractivity contribution is -0.139. The molecule has 1 saturated heterocycles. The van der Waals surface area contributed by atoms with Gasteiger partial charge in [0.1, 0.15) is 6.04 Å². The number of nitrogens with zero attached hydrogens (tertiary/aromatic N) is 1. The van der Waals surface area contributed by atoms with Crippen LogP contribution in [-0.2, 0) is 9.59 Å². The molecule has 1 unspecified atom stereocenters. The molecule has 1 aromatic carbocycles. The molecule has 2 fully saturated rings. The van der Waals surface area contributed by atoms with E-state index in [0.29, 0.717) is 12.5 Å². The number of rotatable bonds is 4. The van der Waals surface area contributed by atoms with Gasteiger partial charge in [-0.3, -0.25) is 9.59 Å². The van der Waals surface area contributed by atoms with Gasteiger partial charge in [0.2, 0.25) is 11.8 Å². The molecule has 1 heterocycles. The Labute approximate surface area is 167 Å². The summed E-state index contributed by atoms with van der Waals surface area (Å²) in [6.45, 7) is 7.66. The van der Waals surface area contributed by atoms with E-state index in [4.69, 9.17) is 11.6 Å². The second-order valence-corrected chi connectivity index (χ2v) is 9.29. The average molecular weight is 391 g/mol. The number of hydrogen-bond acceptors (Lipinski definition) is 2. The number of amides is 2. The Morgan fingerprint density at radius 1 is 1.15 bits per heavy atom. The smallest absolute Gasteiger partial charge is 0.244 e. The van der Waals surface area contributed by atoms with E-state index in [1.807, 2.05) is 24.0 Å². The highest BCUT2D eigenvalue weighted by atomic mass is 35.5. The minimum Gasteiger partial charge on any atom is -0.344 e. The molecule has 2 aliphatic rings. The molecule has 0 bridgehead atoms. The van der Waals surface area contributed by atoms with Gasteiger partial charge < -0.3 is 10.2 Å². The van der Waals surface area contributed by atoms with Crippen molar-refractivity contribution in [2.75, 3.05) is 13.1 Å². The minimum atomic E-state index is -0.457. The highest BCUT2D eigenvalue weighted by Crippen LogP contribution is 2.42. The summed E-state index contributed by atoms with van der Waals surface area (Å²) in [7, 11) is 0. The minimum absolute atomic E-state index is 0.0308. The summed E-state index contributed by atoms with van der Waals surface area (Å²) in [5, 5.41) is 3.70. The first-order chi connectivity index (χ1) is 12.8. The molecule has 2 atom stereocenters. The second-order valence-electron chi connectivity index (χ2n) is 8.85. The quantitative estimate of drug-likeness (QED) is 0.829. The molecular formula is C22H31ClN2O2. The van der Waals surface area contributed by atoms with E-state index in [1.54, 1.807) is 0 Å². The van der Waals surface area contributed by atoms with Crippen LogP contribution in [-0.4, -0.2) is 35.8 Å². The molecule has 1 aliphatic carbocycles. The predicted molar refractivity (Wildman–Crippen MR) is 109 cm³/mol. The molecule has 2 amide bonds. The van der Waals surface area contributed by atoms with E-state index in [1.165, 1.54) is 5.56 Å². The van der Waals surface area contributed by atoms with Crippen LogP contribution in [0.5, 0.6) is 0 Å². The van der Waals surface area contributed by atoms with Crippen LogP contribution >= 0.6 is 11.6 Å². The maximum atomic E-state index is 12.9. The molecule has 148 valence electrons. The van der Waals surface area contributed by atoms with Crippen LogP contribution in [0.3, 0.4) is 0 Å². The molecule has 1 aromatic rings. The van der Waals surface area contributed by atoms with Crippen LogP contribution in [0.2, 0.25) is 5.02 Å². The molecule has 1 N–H and O–H groups in total. The zero-order chi connectivity index (χ0) is 19.6. The zero-order valence-corrected chi connectivity index (χ0v) is 17.4. The van der Waals surface area contributed by atoms with E-state index >= 15 is 0 Å². The van der Waals surface area contributed by atoms with Crippen LogP contribution in [0.25, 0.3) is 0 Å². The lowest BCUT2D eigenvalue weighted by Gasteiger charge is -2.45. The van der Waals surface area contributed by atoms with Gasteiger partial charge in [-0.25, -0.2) is 0 Å². The van der Waals surface area contributed by atoms with E-state index in [9.17, 15) is 9.59 Å². The first-order valence-corrected chi connectivity index (χ1v) is 10.5. The molecule has 5 heteroatoms. The highest BCUT2D eigenvalue weighted by Gasteiger charge is 2.39. The normalized spacial score (nSPS) is 23.9. The van der Waals surface area contributed by atoms with Gasteiger partial charge in [0.15, 0.2) is 0 Å². The third-order valence-electron chi connectivity index (χ3n) is 6.27. The largest absolute Gasteiger partial charge is 0.344 e. The molecule has 4 nitrogen and oxygen atoms in total. The van der Waals surface area contributed by atoms with Gasteiger partial charge in [-0.05, 0) is 55.2 Å². The maximum Gasteiger partial charge on any atom is 0.244 e. The van der Waals surface area contributed by atoms with Crippen LogP contribution in [0, 0.1) is 11.3 Å². The molecule has 0 radical (unpaired) electrons. The van der Waals surface area contributed by atoms with Crippen LogP contribution in [0.1, 0.15) is 64.4 Å². The summed E-state index contributed by atoms with van der Waals surface area (Å²) in [4.78, 5) is 27.2. The second kappa shape index (κ2) is 8.22. The van der Waals surface area contributed by atoms with Crippen molar-refractivity contribution in [2.45, 2.75) is 64.8 Å². The summed E-state index contributed by atoms with van der Waals surface area (Å²) in [5.74, 6) is 0.558. The van der Waals surface area contributed by atoms with Crippen molar-refractivity contribution in [3.63, 3.8) is 0 Å². The fourth-order valence-corrected chi connectivity index (χ4v) is 4.84. The van der Waals surface area contributed by atoms with Crippen molar-refractivity contribution < 1.29 is 9.59 Å². The fraction of sp³-hybridized carbons (Fsp3) is 0.636. The zero-order valence-electron chi connectivity index (χ0n) is 16.6. The van der Waals surface area contributed by atoms with Gasteiger partial charge >= 0.3 is 0 Å². The van der Waals surface area contributed by atoms with Crippen LogP contribution in [0.4, 0.5) is 0 Å². The number of carbonyl (C=O) groups is 2. The third kappa shape index (κ3) is 4.66. The molecule has 0 aromatic heterocycles. The number of likely N-dealkylation sites (tertiary alicyclic amines) is 1. The number of nitrogens with one attached hydrogen (secondary N) is 1. The van der Waals surface area contributed by atoms with Crippen molar-refractivity contribution in [3.05, 3.63) is 34.9 Å². The number of benzene rings is 1. The van der Waals surface area contributed by atoms with Gasteiger partial charge in [-0.2, -0.15) is 0 Å². The maximum absolute atomic E-state index is 12.9. The topological polar surface area (TPSA) is 49.4 Å². The van der Waals surface area contributed by atoms with Crippen molar-refractivity contribution in [3.8, 4) is 0 Å². The van der Waals surface area contributed by atoms with Gasteiger partial charge in [0, 0.05) is 24.0 Å². The van der Waals surface area contributed by atoms with Gasteiger partial charge in [-0.15, -0.1) is 0 Å². The summed E-state index contributed by atoms with van der Waals surface area (Å²) in [6, 6.07) is 7.60. The summed E-state index contributed by atoms with van der Waals surface area (Å²) < 4.78 is 0. The SMILES string of the molecule is C[C@H](NC(=O)C1CCCC1)C(=O)N1CCC(c2ccc(Cl)cc2)C(C)(C)C1. The van der Waals surface area contributed by atoms with Crippen molar-refractivity contribution >= 4 is 23.4 Å². The summed E-state index contributed by atoms with van der Waals surface area (Å²) in [6.07, 6.45) is 5.06. The van der Waals surface area contributed by atoms with Crippen molar-refractivity contribution in [1.82, 2.24) is 10.2 Å². The molecule has 27 heavy (non-hydrogen) atoms. The number of carbonyl (C=O) groups excluding carboxylic acids is 2. The molecular weight excluding hydrogens is 360 g/mol. The van der Waals surface area contributed by atoms with E-state index in [0.717, 1.165) is 43.7 Å². The van der Waals surface area contributed by atoms with E-state index in [2.05, 4.69) is 31.3 Å². The Morgan fingerprint density at radius 2 is 1.78 bits per heavy atom. The lowest BCUT2D eigenvalue weighted by Crippen LogP contribution is -2.53. The first-order valence-electron chi connectivity index (χ1n) is 10.1. The monoisotopic (exact) mass is 390 g/mol. The lowest BCUT2D eigenvalue weighted by atomic mass is 9.70. The molecule has 1 aliphatic heterocycles. The van der Waals surface area contributed by atoms with E-state index < -0.39 is 6.04 Å². The van der Waals surface area contributed by atoms with Crippen molar-refractivity contribution in [2.24, 2.45) is 11.3 Å². The van der Waals surface area contributed by atoms with Gasteiger partial charge in [-0.1, -0.05) is 50.4 Å². The Hall–Kier alpha value is -1.55. The molecule has 0 spiro atoms. The Balaban J connectivity index is 1.60. The Kier molecular flexibility index (Phi) is 6.15. The number of piperidine rings is 1. The third-order valence-corrected chi connectivity index (χ3v) is 6.52. The van der Waals surface area contributed by atoms with Crippen LogP contribution in [0.15, 0.2) is 24.3 Å². The van der Waals surface area contributed by atoms with Crippen molar-refractivity contribution in [1.29, 1.82) is 0 Å². The standard InChI is InChI=1S/C22H31ClN2O2/c1-15(24-20(26)17-6-4-5-7-17)21(27)25-13-12-19(22(2,3)14-25)16-8-10-18(23)11-9-16/h8-11,15,17,19H,4-7,12-14H2,1-3H3,(H,24,26)/t15-,19?/m0/s1.